The van der Waals surface area contributed by atoms with Crippen LogP contribution < -0.4 is 0 Å². The lowest BCUT2D eigenvalue weighted by molar-refractivity contribution is 0.667. The highest BCUT2D eigenvalue weighted by molar-refractivity contribution is 9.10. The van der Waals surface area contributed by atoms with E-state index >= 15 is 0 Å². The SMILES string of the molecule is Brc1ccccc1.CC1(C)c2cc3[nH]c4ccccc4c3cc2-c2ccc3c(c21)c1ccccc1c1ccc2ccccc2c13.CC1(C)c2cc3c(cc2-c2ccc4c(c21)c1ccccc1c1ccc2ccccc2c14)c1ccccc1n3-c1ccccc1. The van der Waals surface area contributed by atoms with Crippen LogP contribution in [0.2, 0.25) is 0 Å². The summed E-state index contributed by atoms with van der Waals surface area (Å²) in [5.41, 5.74) is 17.0. The van der Waals surface area contributed by atoms with Gasteiger partial charge in [-0.15, -0.1) is 0 Å². The molecule has 2 nitrogen and oxygen atoms in total. The van der Waals surface area contributed by atoms with Crippen LogP contribution in [-0.2, 0) is 10.8 Å². The van der Waals surface area contributed by atoms with E-state index < -0.39 is 0 Å². The third kappa shape index (κ3) is 7.49. The Balaban J connectivity index is 0.000000121. The van der Waals surface area contributed by atoms with Crippen LogP contribution in [0.4, 0.5) is 0 Å². The van der Waals surface area contributed by atoms with Gasteiger partial charge in [0.15, 0.2) is 0 Å². The standard InChI is InChI=1S/C43H29N.C37H25N.C6H5Br/c1-43(2)37-25-39-36(30-17-10-11-19-38(30)44(39)27-13-4-3-5-14-27)24-35(37)33-22-23-34-40-28-15-7-6-12-26(28)20-21-32(40)29-16-8-9-18-31(29)41(34)42(33)43;1-37(2)31-20-33-30(24-12-7-8-14-32(24)38-33)19-29(31)27-17-18-28-34-22-10-4-3-9-21(22)15-16-26(34)23-11-5-6-13-25(23)35(28)36(27)37;7-6-4-2-1-3-5-6/h3-25H,1-2H3;3-20,38H,1-2H3;1-5H. The van der Waals surface area contributed by atoms with Gasteiger partial charge in [0.05, 0.1) is 11.0 Å². The van der Waals surface area contributed by atoms with E-state index in [1.165, 1.54) is 180 Å². The molecule has 1 N–H and O–H groups in total. The second-order valence-electron chi connectivity index (χ2n) is 25.6. The molecule has 16 aromatic carbocycles. The zero-order valence-electron chi connectivity index (χ0n) is 49.9. The van der Waals surface area contributed by atoms with Crippen molar-refractivity contribution in [3.63, 3.8) is 0 Å². The van der Waals surface area contributed by atoms with Crippen molar-refractivity contribution in [1.82, 2.24) is 9.55 Å². The van der Waals surface area contributed by atoms with Crippen LogP contribution in [-0.4, -0.2) is 9.55 Å². The van der Waals surface area contributed by atoms with Crippen LogP contribution >= 0.6 is 15.9 Å². The summed E-state index contributed by atoms with van der Waals surface area (Å²) in [7, 11) is 0. The fraction of sp³-hybridized carbons (Fsp3) is 0.0698. The number of fused-ring (bicyclic) bond motifs is 30. The van der Waals surface area contributed by atoms with Crippen molar-refractivity contribution in [1.29, 1.82) is 0 Å². The van der Waals surface area contributed by atoms with E-state index in [1.54, 1.807) is 0 Å². The number of nitrogens with zero attached hydrogens (tertiary/aromatic N) is 1. The van der Waals surface area contributed by atoms with Crippen LogP contribution in [0.15, 0.2) is 284 Å². The van der Waals surface area contributed by atoms with Gasteiger partial charge in [0.2, 0.25) is 0 Å². The molecule has 0 aliphatic heterocycles. The van der Waals surface area contributed by atoms with Crippen molar-refractivity contribution in [3.05, 3.63) is 306 Å². The van der Waals surface area contributed by atoms with E-state index in [0.29, 0.717) is 0 Å². The van der Waals surface area contributed by atoms with Crippen LogP contribution in [0, 0.1) is 0 Å². The van der Waals surface area contributed by atoms with Crippen molar-refractivity contribution >= 4 is 146 Å². The van der Waals surface area contributed by atoms with E-state index in [0.717, 1.165) is 4.47 Å². The van der Waals surface area contributed by atoms with Gasteiger partial charge in [0.1, 0.15) is 0 Å². The topological polar surface area (TPSA) is 20.7 Å². The molecule has 0 saturated carbocycles. The number of nitrogens with one attached hydrogen (secondary N) is 1. The molecule has 2 aliphatic carbocycles. The number of hydrogen-bond donors (Lipinski definition) is 1. The molecule has 0 unspecified atom stereocenters. The highest BCUT2D eigenvalue weighted by Gasteiger charge is 2.40. The first kappa shape index (κ1) is 51.9. The van der Waals surface area contributed by atoms with Crippen LogP contribution in [0.25, 0.3) is 158 Å². The predicted molar refractivity (Wildman–Crippen MR) is 386 cm³/mol. The third-order valence-electron chi connectivity index (χ3n) is 20.2. The highest BCUT2D eigenvalue weighted by Crippen LogP contribution is 2.57. The normalized spacial score (nSPS) is 13.6. The van der Waals surface area contributed by atoms with E-state index in [1.807, 2.05) is 30.3 Å². The molecule has 0 atom stereocenters. The number of aromatic amines is 1. The molecule has 0 spiro atoms. The molecule has 18 aromatic rings. The monoisotopic (exact) mass is 1200 g/mol. The van der Waals surface area contributed by atoms with Crippen molar-refractivity contribution in [2.45, 2.75) is 38.5 Å². The number of benzene rings is 16. The van der Waals surface area contributed by atoms with Crippen molar-refractivity contribution in [2.24, 2.45) is 0 Å². The number of halogens is 1. The minimum atomic E-state index is -0.183. The quantitative estimate of drug-likeness (QED) is 0.158. The molecule has 2 aromatic heterocycles. The van der Waals surface area contributed by atoms with Crippen LogP contribution in [0.3, 0.4) is 0 Å². The lowest BCUT2D eigenvalue weighted by atomic mass is 9.78. The van der Waals surface area contributed by atoms with E-state index in [4.69, 9.17) is 0 Å². The van der Waals surface area contributed by atoms with E-state index in [2.05, 4.69) is 302 Å². The molecule has 0 bridgehead atoms. The van der Waals surface area contributed by atoms with Gasteiger partial charge in [-0.05, 0) is 191 Å². The van der Waals surface area contributed by atoms with Crippen LogP contribution in [0.1, 0.15) is 49.9 Å². The maximum absolute atomic E-state index is 3.68. The minimum absolute atomic E-state index is 0.128. The number of para-hydroxylation sites is 3. The third-order valence-corrected chi connectivity index (χ3v) is 20.7. The van der Waals surface area contributed by atoms with Gasteiger partial charge in [0.25, 0.3) is 0 Å². The summed E-state index contributed by atoms with van der Waals surface area (Å²) in [4.78, 5) is 3.68. The van der Waals surface area contributed by atoms with Gasteiger partial charge in [0, 0.05) is 53.6 Å². The Morgan fingerprint density at radius 1 is 0.281 bits per heavy atom. The molecular formula is C86H59BrN2. The fourth-order valence-electron chi connectivity index (χ4n) is 16.3. The second-order valence-corrected chi connectivity index (χ2v) is 26.5. The summed E-state index contributed by atoms with van der Waals surface area (Å²) in [6.45, 7) is 9.68. The van der Waals surface area contributed by atoms with Crippen molar-refractivity contribution in [2.75, 3.05) is 0 Å². The number of H-pyrrole nitrogens is 1. The predicted octanol–water partition coefficient (Wildman–Crippen LogP) is 24.4. The highest BCUT2D eigenvalue weighted by atomic mass is 79.9. The molecule has 20 rings (SSSR count). The summed E-state index contributed by atoms with van der Waals surface area (Å²) in [6, 6.07) is 103. The van der Waals surface area contributed by atoms with Crippen LogP contribution in [0.5, 0.6) is 0 Å². The van der Waals surface area contributed by atoms with E-state index in [9.17, 15) is 0 Å². The largest absolute Gasteiger partial charge is 0.355 e. The maximum Gasteiger partial charge on any atom is 0.0544 e. The first-order chi connectivity index (χ1) is 43.6. The van der Waals surface area contributed by atoms with Crippen molar-refractivity contribution < 1.29 is 0 Å². The molecule has 3 heteroatoms. The summed E-state index contributed by atoms with van der Waals surface area (Å²) in [6.07, 6.45) is 0. The Hall–Kier alpha value is -10.3. The summed E-state index contributed by atoms with van der Waals surface area (Å²) < 4.78 is 3.58. The van der Waals surface area contributed by atoms with Gasteiger partial charge in [-0.1, -0.05) is 262 Å². The summed E-state index contributed by atoms with van der Waals surface area (Å²) in [5, 5.41) is 26.6. The lowest BCUT2D eigenvalue weighted by Gasteiger charge is -2.25. The maximum atomic E-state index is 3.68. The Bertz CT molecular complexity index is 6040. The Morgan fingerprint density at radius 2 is 0.708 bits per heavy atom. The summed E-state index contributed by atoms with van der Waals surface area (Å²) in [5.74, 6) is 0. The molecular weight excluding hydrogens is 1140 g/mol. The average Bonchev–Trinajstić information content (AvgIpc) is 1.62. The number of aromatic nitrogens is 2. The minimum Gasteiger partial charge on any atom is -0.355 e. The fourth-order valence-corrected chi connectivity index (χ4v) is 16.6. The Morgan fingerprint density at radius 3 is 1.26 bits per heavy atom. The smallest absolute Gasteiger partial charge is 0.0544 e. The van der Waals surface area contributed by atoms with Gasteiger partial charge in [-0.2, -0.15) is 0 Å². The number of rotatable bonds is 1. The lowest BCUT2D eigenvalue weighted by Crippen LogP contribution is -2.16. The Labute approximate surface area is 524 Å². The molecule has 2 aliphatic rings. The molecule has 89 heavy (non-hydrogen) atoms. The first-order valence-electron chi connectivity index (χ1n) is 31.1. The molecule has 0 radical (unpaired) electrons. The molecule has 0 saturated heterocycles. The molecule has 2 heterocycles. The second kappa shape index (κ2) is 19.3. The summed E-state index contributed by atoms with van der Waals surface area (Å²) >= 11 is 3.31. The van der Waals surface area contributed by atoms with Gasteiger partial charge >= 0.3 is 0 Å². The first-order valence-corrected chi connectivity index (χ1v) is 31.9. The molecule has 420 valence electrons. The van der Waals surface area contributed by atoms with Gasteiger partial charge in [-0.25, -0.2) is 0 Å². The number of hydrogen-bond acceptors (Lipinski definition) is 0. The van der Waals surface area contributed by atoms with Gasteiger partial charge < -0.3 is 9.55 Å². The van der Waals surface area contributed by atoms with Crippen molar-refractivity contribution in [3.8, 4) is 27.9 Å². The Kier molecular flexibility index (Phi) is 11.3. The molecule has 0 amide bonds. The average molecular weight is 1200 g/mol. The van der Waals surface area contributed by atoms with Gasteiger partial charge in [-0.3, -0.25) is 0 Å². The molecule has 0 fully saturated rings. The zero-order valence-corrected chi connectivity index (χ0v) is 51.5. The zero-order chi connectivity index (χ0) is 59.4. The van der Waals surface area contributed by atoms with E-state index in [-0.39, 0.29) is 10.8 Å².